The van der Waals surface area contributed by atoms with E-state index in [1.165, 1.54) is 12.8 Å². The fourth-order valence-corrected chi connectivity index (χ4v) is 2.48. The maximum absolute atomic E-state index is 6.36. The second-order valence-corrected chi connectivity index (χ2v) is 5.89. The van der Waals surface area contributed by atoms with E-state index in [0.29, 0.717) is 22.6 Å². The van der Waals surface area contributed by atoms with Crippen molar-refractivity contribution in [2.24, 2.45) is 0 Å². The number of rotatable bonds is 8. The van der Waals surface area contributed by atoms with Crippen LogP contribution in [0.2, 0.25) is 5.02 Å². The van der Waals surface area contributed by atoms with E-state index < -0.39 is 0 Å². The van der Waals surface area contributed by atoms with E-state index in [0.717, 1.165) is 24.9 Å². The average Bonchev–Trinajstić information content (AvgIpc) is 3.23. The van der Waals surface area contributed by atoms with Gasteiger partial charge in [0.2, 0.25) is 0 Å². The van der Waals surface area contributed by atoms with Crippen LogP contribution in [0.3, 0.4) is 0 Å². The zero-order valence-corrected chi connectivity index (χ0v) is 13.3. The van der Waals surface area contributed by atoms with E-state index in [9.17, 15) is 0 Å². The van der Waals surface area contributed by atoms with Crippen LogP contribution in [-0.2, 0) is 6.54 Å². The van der Waals surface area contributed by atoms with Crippen LogP contribution < -0.4 is 14.8 Å². The first-order valence-electron chi connectivity index (χ1n) is 7.40. The number of ether oxygens (including phenoxy) is 2. The number of hydrogen-bond donors (Lipinski definition) is 1. The largest absolute Gasteiger partial charge is 0.493 e. The van der Waals surface area contributed by atoms with E-state index in [4.69, 9.17) is 21.1 Å². The van der Waals surface area contributed by atoms with Gasteiger partial charge in [0, 0.05) is 12.6 Å². The summed E-state index contributed by atoms with van der Waals surface area (Å²) in [6.07, 6.45) is 4.79. The molecule has 2 rings (SSSR count). The molecule has 0 aliphatic heterocycles. The third-order valence-electron chi connectivity index (χ3n) is 3.48. The third kappa shape index (κ3) is 4.29. The summed E-state index contributed by atoms with van der Waals surface area (Å²) in [5, 5.41) is 4.10. The van der Waals surface area contributed by atoms with Crippen molar-refractivity contribution >= 4 is 11.6 Å². The summed E-state index contributed by atoms with van der Waals surface area (Å²) in [5.74, 6) is 1.37. The third-order valence-corrected chi connectivity index (χ3v) is 3.76. The Bertz CT molecular complexity index is 446. The van der Waals surface area contributed by atoms with Gasteiger partial charge in [0.15, 0.2) is 11.5 Å². The van der Waals surface area contributed by atoms with Gasteiger partial charge >= 0.3 is 0 Å². The molecule has 1 aromatic rings. The first-order chi connectivity index (χ1) is 9.63. The first-order valence-corrected chi connectivity index (χ1v) is 7.78. The highest BCUT2D eigenvalue weighted by Gasteiger charge is 2.21. The number of halogens is 1. The molecule has 1 atom stereocenters. The molecule has 0 aromatic heterocycles. The van der Waals surface area contributed by atoms with Crippen molar-refractivity contribution in [1.29, 1.82) is 0 Å². The highest BCUT2D eigenvalue weighted by molar-refractivity contribution is 6.32. The molecule has 1 aliphatic rings. The van der Waals surface area contributed by atoms with E-state index in [2.05, 4.69) is 19.2 Å². The summed E-state index contributed by atoms with van der Waals surface area (Å²) in [6.45, 7) is 5.03. The van der Waals surface area contributed by atoms with Gasteiger partial charge in [0.25, 0.3) is 0 Å². The van der Waals surface area contributed by atoms with Crippen molar-refractivity contribution in [3.05, 3.63) is 22.7 Å². The molecule has 1 aromatic carbocycles. The van der Waals surface area contributed by atoms with Crippen LogP contribution in [-0.4, -0.2) is 19.3 Å². The summed E-state index contributed by atoms with van der Waals surface area (Å²) in [6, 6.07) is 4.66. The molecule has 112 valence electrons. The molecule has 4 heteroatoms. The smallest absolute Gasteiger partial charge is 0.180 e. The molecule has 1 N–H and O–H groups in total. The van der Waals surface area contributed by atoms with Gasteiger partial charge in [-0.25, -0.2) is 0 Å². The van der Waals surface area contributed by atoms with Crippen LogP contribution in [0.5, 0.6) is 11.5 Å². The number of methoxy groups -OCH3 is 1. The lowest BCUT2D eigenvalue weighted by Crippen LogP contribution is -2.16. The Morgan fingerprint density at radius 2 is 2.15 bits per heavy atom. The molecule has 0 saturated heterocycles. The lowest BCUT2D eigenvalue weighted by molar-refractivity contribution is 0.201. The van der Waals surface area contributed by atoms with Gasteiger partial charge in [0.1, 0.15) is 0 Å². The summed E-state index contributed by atoms with van der Waals surface area (Å²) in [5.41, 5.74) is 1.13. The van der Waals surface area contributed by atoms with E-state index in [1.807, 2.05) is 12.1 Å². The van der Waals surface area contributed by atoms with Gasteiger partial charge in [-0.1, -0.05) is 24.9 Å². The van der Waals surface area contributed by atoms with Crippen LogP contribution in [0.4, 0.5) is 0 Å². The Balaban J connectivity index is 2.09. The fraction of sp³-hybridized carbons (Fsp3) is 0.625. The zero-order valence-electron chi connectivity index (χ0n) is 12.5. The molecule has 1 unspecified atom stereocenters. The monoisotopic (exact) mass is 297 g/mol. The van der Waals surface area contributed by atoms with Crippen LogP contribution >= 0.6 is 11.6 Å². The van der Waals surface area contributed by atoms with Gasteiger partial charge < -0.3 is 14.8 Å². The zero-order chi connectivity index (χ0) is 14.5. The van der Waals surface area contributed by atoms with Crippen molar-refractivity contribution in [3.63, 3.8) is 0 Å². The summed E-state index contributed by atoms with van der Waals surface area (Å²) in [4.78, 5) is 0. The van der Waals surface area contributed by atoms with Gasteiger partial charge in [-0.3, -0.25) is 0 Å². The van der Waals surface area contributed by atoms with Crippen LogP contribution in [0.25, 0.3) is 0 Å². The second kappa shape index (κ2) is 7.19. The Morgan fingerprint density at radius 1 is 1.40 bits per heavy atom. The van der Waals surface area contributed by atoms with Gasteiger partial charge in [0.05, 0.1) is 18.2 Å². The molecule has 1 fully saturated rings. The van der Waals surface area contributed by atoms with E-state index in [-0.39, 0.29) is 6.10 Å². The molecule has 20 heavy (non-hydrogen) atoms. The number of nitrogens with one attached hydrogen (secondary N) is 1. The number of benzene rings is 1. The van der Waals surface area contributed by atoms with Crippen molar-refractivity contribution in [3.8, 4) is 11.5 Å². The maximum Gasteiger partial charge on any atom is 0.180 e. The Morgan fingerprint density at radius 3 is 2.75 bits per heavy atom. The summed E-state index contributed by atoms with van der Waals surface area (Å²) < 4.78 is 11.4. The average molecular weight is 298 g/mol. The fourth-order valence-electron chi connectivity index (χ4n) is 2.21. The second-order valence-electron chi connectivity index (χ2n) is 5.48. The minimum Gasteiger partial charge on any atom is -0.493 e. The van der Waals surface area contributed by atoms with E-state index in [1.54, 1.807) is 7.11 Å². The maximum atomic E-state index is 6.36. The predicted octanol–water partition coefficient (Wildman–Crippen LogP) is 4.17. The minimum absolute atomic E-state index is 0.141. The van der Waals surface area contributed by atoms with Crippen molar-refractivity contribution in [1.82, 2.24) is 5.32 Å². The minimum atomic E-state index is 0.141. The highest BCUT2D eigenvalue weighted by atomic mass is 35.5. The highest BCUT2D eigenvalue weighted by Crippen LogP contribution is 2.37. The number of hydrogen-bond acceptors (Lipinski definition) is 3. The molecule has 0 amide bonds. The standard InChI is InChI=1S/C16H24ClNO2/c1-4-5-11(2)20-16-14(17)8-12(9-15(16)19-3)10-18-13-6-7-13/h8-9,11,13,18H,4-7,10H2,1-3H3. The van der Waals surface area contributed by atoms with Crippen LogP contribution in [0.1, 0.15) is 45.1 Å². The Kier molecular flexibility index (Phi) is 5.55. The molecular formula is C16H24ClNO2. The Hall–Kier alpha value is -0.930. The van der Waals surface area contributed by atoms with Crippen LogP contribution in [0.15, 0.2) is 12.1 Å². The topological polar surface area (TPSA) is 30.5 Å². The van der Waals surface area contributed by atoms with Crippen molar-refractivity contribution in [2.75, 3.05) is 7.11 Å². The van der Waals surface area contributed by atoms with Gasteiger partial charge in [-0.15, -0.1) is 0 Å². The Labute approximate surface area is 126 Å². The molecular weight excluding hydrogens is 274 g/mol. The quantitative estimate of drug-likeness (QED) is 0.781. The van der Waals surface area contributed by atoms with Gasteiger partial charge in [-0.2, -0.15) is 0 Å². The SMILES string of the molecule is CCCC(C)Oc1c(Cl)cc(CNC2CC2)cc1OC. The summed E-state index contributed by atoms with van der Waals surface area (Å²) in [7, 11) is 1.65. The first kappa shape index (κ1) is 15.5. The summed E-state index contributed by atoms with van der Waals surface area (Å²) >= 11 is 6.36. The van der Waals surface area contributed by atoms with E-state index >= 15 is 0 Å². The molecule has 0 bridgehead atoms. The molecule has 0 heterocycles. The normalized spacial score (nSPS) is 16.0. The van der Waals surface area contributed by atoms with Crippen LogP contribution in [0, 0.1) is 0 Å². The predicted molar refractivity (Wildman–Crippen MR) is 82.9 cm³/mol. The molecule has 1 saturated carbocycles. The van der Waals surface area contributed by atoms with Crippen molar-refractivity contribution in [2.45, 2.75) is 58.2 Å². The molecule has 0 spiro atoms. The van der Waals surface area contributed by atoms with Crippen molar-refractivity contribution < 1.29 is 9.47 Å². The van der Waals surface area contributed by atoms with Gasteiger partial charge in [-0.05, 0) is 43.9 Å². The lowest BCUT2D eigenvalue weighted by atomic mass is 10.2. The molecule has 3 nitrogen and oxygen atoms in total. The molecule has 0 radical (unpaired) electrons. The lowest BCUT2D eigenvalue weighted by Gasteiger charge is -2.18. The molecule has 1 aliphatic carbocycles.